The van der Waals surface area contributed by atoms with E-state index in [1.807, 2.05) is 0 Å². The minimum atomic E-state index is -0.0401. The molecule has 90 valence electrons. The summed E-state index contributed by atoms with van der Waals surface area (Å²) >= 11 is 0. The molecule has 0 aromatic rings. The molecule has 0 saturated carbocycles. The summed E-state index contributed by atoms with van der Waals surface area (Å²) in [5, 5.41) is 0. The van der Waals surface area contributed by atoms with Crippen molar-refractivity contribution in [2.45, 2.75) is 45.3 Å². The molecule has 0 aromatic heterocycles. The standard InChI is InChI=1S/C12H25NO2/c1-11(2,3)13-7-9-15-12(4,10-13)6-8-14-5/h6-10H2,1-5H3/t12-/m0/s1. The fourth-order valence-corrected chi connectivity index (χ4v) is 1.97. The average molecular weight is 215 g/mol. The Morgan fingerprint density at radius 1 is 1.40 bits per heavy atom. The molecule has 0 spiro atoms. The van der Waals surface area contributed by atoms with Crippen LogP contribution in [0.3, 0.4) is 0 Å². The van der Waals surface area contributed by atoms with E-state index in [2.05, 4.69) is 32.6 Å². The molecule has 1 saturated heterocycles. The van der Waals surface area contributed by atoms with E-state index in [1.165, 1.54) is 0 Å². The van der Waals surface area contributed by atoms with E-state index < -0.39 is 0 Å². The molecule has 15 heavy (non-hydrogen) atoms. The zero-order chi connectivity index (χ0) is 11.5. The molecule has 0 radical (unpaired) electrons. The molecule has 1 rings (SSSR count). The topological polar surface area (TPSA) is 21.7 Å². The Morgan fingerprint density at radius 2 is 2.07 bits per heavy atom. The number of rotatable bonds is 3. The molecular weight excluding hydrogens is 190 g/mol. The Morgan fingerprint density at radius 3 is 2.60 bits per heavy atom. The van der Waals surface area contributed by atoms with E-state index in [1.54, 1.807) is 7.11 Å². The molecule has 1 heterocycles. The SMILES string of the molecule is COCC[C@@]1(C)CN(C(C)(C)C)CCO1. The van der Waals surface area contributed by atoms with Gasteiger partial charge in [0.1, 0.15) is 0 Å². The molecule has 1 atom stereocenters. The maximum Gasteiger partial charge on any atom is 0.0803 e. The van der Waals surface area contributed by atoms with Crippen LogP contribution in [0.15, 0.2) is 0 Å². The maximum absolute atomic E-state index is 5.87. The van der Waals surface area contributed by atoms with Gasteiger partial charge in [-0.15, -0.1) is 0 Å². The highest BCUT2D eigenvalue weighted by Crippen LogP contribution is 2.26. The first-order valence-corrected chi connectivity index (χ1v) is 5.75. The van der Waals surface area contributed by atoms with Crippen molar-refractivity contribution in [3.05, 3.63) is 0 Å². The van der Waals surface area contributed by atoms with Crippen molar-refractivity contribution in [1.29, 1.82) is 0 Å². The number of nitrogens with zero attached hydrogens (tertiary/aromatic N) is 1. The normalized spacial score (nSPS) is 29.4. The van der Waals surface area contributed by atoms with Gasteiger partial charge in [0, 0.05) is 38.8 Å². The van der Waals surface area contributed by atoms with Gasteiger partial charge in [-0.25, -0.2) is 0 Å². The lowest BCUT2D eigenvalue weighted by atomic mass is 9.96. The van der Waals surface area contributed by atoms with Crippen LogP contribution in [0.2, 0.25) is 0 Å². The average Bonchev–Trinajstić information content (AvgIpc) is 2.14. The summed E-state index contributed by atoms with van der Waals surface area (Å²) in [6.45, 7) is 12.6. The lowest BCUT2D eigenvalue weighted by Gasteiger charge is -2.46. The summed E-state index contributed by atoms with van der Waals surface area (Å²) in [4.78, 5) is 2.49. The van der Waals surface area contributed by atoms with Crippen molar-refractivity contribution in [1.82, 2.24) is 4.90 Å². The van der Waals surface area contributed by atoms with Gasteiger partial charge in [0.05, 0.1) is 12.2 Å². The molecular formula is C12H25NO2. The zero-order valence-corrected chi connectivity index (χ0v) is 10.8. The number of ether oxygens (including phenoxy) is 2. The van der Waals surface area contributed by atoms with Crippen LogP contribution in [0.4, 0.5) is 0 Å². The van der Waals surface area contributed by atoms with Gasteiger partial charge in [-0.1, -0.05) is 0 Å². The van der Waals surface area contributed by atoms with E-state index in [4.69, 9.17) is 9.47 Å². The molecule has 1 aliphatic rings. The Hall–Kier alpha value is -0.120. The van der Waals surface area contributed by atoms with E-state index >= 15 is 0 Å². The molecule has 0 unspecified atom stereocenters. The first-order chi connectivity index (χ1) is 6.87. The summed E-state index contributed by atoms with van der Waals surface area (Å²) in [5.41, 5.74) is 0.194. The van der Waals surface area contributed by atoms with Crippen molar-refractivity contribution in [3.8, 4) is 0 Å². The highest BCUT2D eigenvalue weighted by molar-refractivity contribution is 4.88. The number of hydrogen-bond donors (Lipinski definition) is 0. The third kappa shape index (κ3) is 3.74. The van der Waals surface area contributed by atoms with Gasteiger partial charge in [-0.3, -0.25) is 4.90 Å². The van der Waals surface area contributed by atoms with Gasteiger partial charge >= 0.3 is 0 Å². The van der Waals surface area contributed by atoms with E-state index in [9.17, 15) is 0 Å². The number of hydrogen-bond acceptors (Lipinski definition) is 3. The van der Waals surface area contributed by atoms with Gasteiger partial charge in [-0.2, -0.15) is 0 Å². The second-order valence-electron chi connectivity index (χ2n) is 5.63. The third-order valence-corrected chi connectivity index (χ3v) is 3.12. The molecule has 0 aliphatic carbocycles. The predicted octanol–water partition coefficient (Wildman–Crippen LogP) is 1.91. The first-order valence-electron chi connectivity index (χ1n) is 5.75. The summed E-state index contributed by atoms with van der Waals surface area (Å²) in [6.07, 6.45) is 0.968. The minimum absolute atomic E-state index is 0.0401. The number of methoxy groups -OCH3 is 1. The molecule has 0 aromatic carbocycles. The van der Waals surface area contributed by atoms with Crippen molar-refractivity contribution < 1.29 is 9.47 Å². The Labute approximate surface area is 93.7 Å². The molecule has 3 nitrogen and oxygen atoms in total. The van der Waals surface area contributed by atoms with Crippen LogP contribution in [-0.4, -0.2) is 49.5 Å². The van der Waals surface area contributed by atoms with Gasteiger partial charge in [0.15, 0.2) is 0 Å². The summed E-state index contributed by atoms with van der Waals surface area (Å²) in [7, 11) is 1.74. The van der Waals surface area contributed by atoms with Crippen LogP contribution in [0.1, 0.15) is 34.1 Å². The van der Waals surface area contributed by atoms with Crippen LogP contribution in [0.25, 0.3) is 0 Å². The van der Waals surface area contributed by atoms with Crippen LogP contribution in [0, 0.1) is 0 Å². The van der Waals surface area contributed by atoms with Crippen LogP contribution in [0.5, 0.6) is 0 Å². The molecule has 3 heteroatoms. The van der Waals surface area contributed by atoms with Crippen molar-refractivity contribution in [2.24, 2.45) is 0 Å². The molecule has 1 aliphatic heterocycles. The Bertz CT molecular complexity index is 200. The zero-order valence-electron chi connectivity index (χ0n) is 10.8. The second-order valence-corrected chi connectivity index (χ2v) is 5.63. The molecule has 1 fully saturated rings. The predicted molar refractivity (Wildman–Crippen MR) is 62.2 cm³/mol. The fraction of sp³-hybridized carbons (Fsp3) is 1.00. The van der Waals surface area contributed by atoms with Crippen LogP contribution in [-0.2, 0) is 9.47 Å². The van der Waals surface area contributed by atoms with Gasteiger partial charge in [-0.05, 0) is 27.7 Å². The van der Waals surface area contributed by atoms with Crippen LogP contribution >= 0.6 is 0 Å². The van der Waals surface area contributed by atoms with Gasteiger partial charge < -0.3 is 9.47 Å². The van der Waals surface area contributed by atoms with Crippen molar-refractivity contribution >= 4 is 0 Å². The fourth-order valence-electron chi connectivity index (χ4n) is 1.97. The third-order valence-electron chi connectivity index (χ3n) is 3.12. The Kier molecular flexibility index (Phi) is 4.15. The largest absolute Gasteiger partial charge is 0.385 e. The first kappa shape index (κ1) is 12.9. The molecule has 0 N–H and O–H groups in total. The Balaban J connectivity index is 2.54. The van der Waals surface area contributed by atoms with Gasteiger partial charge in [0.25, 0.3) is 0 Å². The van der Waals surface area contributed by atoms with E-state index in [0.29, 0.717) is 0 Å². The highest BCUT2D eigenvalue weighted by atomic mass is 16.5. The van der Waals surface area contributed by atoms with Crippen molar-refractivity contribution in [3.63, 3.8) is 0 Å². The maximum atomic E-state index is 5.87. The summed E-state index contributed by atoms with van der Waals surface area (Å²) in [5.74, 6) is 0. The number of morpholine rings is 1. The van der Waals surface area contributed by atoms with E-state index in [0.717, 1.165) is 32.7 Å². The van der Waals surface area contributed by atoms with Crippen LogP contribution < -0.4 is 0 Å². The summed E-state index contributed by atoms with van der Waals surface area (Å²) < 4.78 is 11.0. The van der Waals surface area contributed by atoms with E-state index in [-0.39, 0.29) is 11.1 Å². The second kappa shape index (κ2) is 4.81. The highest BCUT2D eigenvalue weighted by Gasteiger charge is 2.35. The minimum Gasteiger partial charge on any atom is -0.385 e. The monoisotopic (exact) mass is 215 g/mol. The lowest BCUT2D eigenvalue weighted by molar-refractivity contribution is -0.127. The smallest absolute Gasteiger partial charge is 0.0803 e. The van der Waals surface area contributed by atoms with Crippen molar-refractivity contribution in [2.75, 3.05) is 33.4 Å². The quantitative estimate of drug-likeness (QED) is 0.718. The summed E-state index contributed by atoms with van der Waals surface area (Å²) in [6, 6.07) is 0. The molecule has 0 amide bonds. The van der Waals surface area contributed by atoms with Gasteiger partial charge in [0.2, 0.25) is 0 Å². The lowest BCUT2D eigenvalue weighted by Crippen LogP contribution is -2.56. The molecule has 0 bridgehead atoms.